The minimum atomic E-state index is -0.744. The summed E-state index contributed by atoms with van der Waals surface area (Å²) in [5.41, 5.74) is -0.744. The lowest BCUT2D eigenvalue weighted by Crippen LogP contribution is -2.52. The zero-order valence-electron chi connectivity index (χ0n) is 11.8. The standard InChI is InChI=1S/C15H22N2O2S/c1-2-15(14(18)19,17-12-7-8-12)9-5-11-20-13-6-3-4-10-16-13/h3-4,6,10,12,17H,2,5,7-9,11H2,1H3,(H,18,19). The van der Waals surface area contributed by atoms with Crippen LogP contribution >= 0.6 is 11.8 Å². The molecule has 1 aliphatic carbocycles. The van der Waals surface area contributed by atoms with E-state index in [0.29, 0.717) is 18.9 Å². The molecule has 1 heterocycles. The Labute approximate surface area is 124 Å². The van der Waals surface area contributed by atoms with Gasteiger partial charge in [0.25, 0.3) is 0 Å². The second kappa shape index (κ2) is 7.09. The van der Waals surface area contributed by atoms with Gasteiger partial charge in [-0.25, -0.2) is 4.98 Å². The topological polar surface area (TPSA) is 62.2 Å². The van der Waals surface area contributed by atoms with E-state index in [-0.39, 0.29) is 0 Å². The van der Waals surface area contributed by atoms with Gasteiger partial charge >= 0.3 is 5.97 Å². The third kappa shape index (κ3) is 4.21. The third-order valence-corrected chi connectivity index (χ3v) is 4.74. The molecule has 1 aromatic rings. The number of thioether (sulfide) groups is 1. The highest BCUT2D eigenvalue weighted by atomic mass is 32.2. The number of nitrogens with zero attached hydrogens (tertiary/aromatic N) is 1. The number of aliphatic carboxylic acids is 1. The molecule has 5 heteroatoms. The van der Waals surface area contributed by atoms with Crippen molar-refractivity contribution in [2.75, 3.05) is 5.75 Å². The summed E-state index contributed by atoms with van der Waals surface area (Å²) in [6, 6.07) is 6.26. The summed E-state index contributed by atoms with van der Waals surface area (Å²) in [5.74, 6) is 0.188. The van der Waals surface area contributed by atoms with Crippen molar-refractivity contribution >= 4 is 17.7 Å². The van der Waals surface area contributed by atoms with E-state index in [2.05, 4.69) is 10.3 Å². The van der Waals surface area contributed by atoms with Gasteiger partial charge in [-0.05, 0) is 50.0 Å². The average molecular weight is 294 g/mol. The van der Waals surface area contributed by atoms with Crippen LogP contribution in [-0.4, -0.2) is 33.4 Å². The minimum absolute atomic E-state index is 0.412. The number of carboxylic acids is 1. The van der Waals surface area contributed by atoms with Crippen molar-refractivity contribution in [1.82, 2.24) is 10.3 Å². The van der Waals surface area contributed by atoms with Gasteiger partial charge in [-0.2, -0.15) is 0 Å². The van der Waals surface area contributed by atoms with Crippen molar-refractivity contribution in [2.45, 2.75) is 55.6 Å². The Morgan fingerprint density at radius 2 is 2.35 bits per heavy atom. The van der Waals surface area contributed by atoms with Crippen molar-refractivity contribution in [2.24, 2.45) is 0 Å². The van der Waals surface area contributed by atoms with E-state index in [4.69, 9.17) is 0 Å². The number of rotatable bonds is 9. The second-order valence-electron chi connectivity index (χ2n) is 5.28. The molecule has 20 heavy (non-hydrogen) atoms. The molecule has 4 nitrogen and oxygen atoms in total. The molecule has 1 aliphatic rings. The van der Waals surface area contributed by atoms with Gasteiger partial charge in [0.15, 0.2) is 0 Å². The highest BCUT2D eigenvalue weighted by Gasteiger charge is 2.40. The van der Waals surface area contributed by atoms with Crippen LogP contribution in [0.25, 0.3) is 0 Å². The molecule has 0 spiro atoms. The van der Waals surface area contributed by atoms with E-state index in [1.54, 1.807) is 18.0 Å². The maximum absolute atomic E-state index is 11.6. The van der Waals surface area contributed by atoms with Crippen LogP contribution < -0.4 is 5.32 Å². The van der Waals surface area contributed by atoms with E-state index >= 15 is 0 Å². The molecule has 1 atom stereocenters. The Morgan fingerprint density at radius 1 is 1.55 bits per heavy atom. The summed E-state index contributed by atoms with van der Waals surface area (Å²) in [6.07, 6.45) is 6.18. The number of carbonyl (C=O) groups is 1. The Kier molecular flexibility index (Phi) is 5.43. The molecule has 0 aromatic carbocycles. The molecule has 1 saturated carbocycles. The number of aromatic nitrogens is 1. The maximum atomic E-state index is 11.6. The fourth-order valence-corrected chi connectivity index (χ4v) is 3.08. The normalized spacial score (nSPS) is 17.6. The zero-order chi connectivity index (χ0) is 14.4. The summed E-state index contributed by atoms with van der Waals surface area (Å²) < 4.78 is 0. The largest absolute Gasteiger partial charge is 0.480 e. The molecule has 1 fully saturated rings. The van der Waals surface area contributed by atoms with Gasteiger partial charge in [-0.3, -0.25) is 10.1 Å². The van der Waals surface area contributed by atoms with Crippen LogP contribution in [0.2, 0.25) is 0 Å². The van der Waals surface area contributed by atoms with Gasteiger partial charge < -0.3 is 5.11 Å². The number of carboxylic acid groups (broad SMARTS) is 1. The molecule has 2 N–H and O–H groups in total. The summed E-state index contributed by atoms with van der Waals surface area (Å²) in [4.78, 5) is 15.9. The Bertz CT molecular complexity index is 437. The molecule has 1 aromatic heterocycles. The Hall–Kier alpha value is -1.07. The van der Waals surface area contributed by atoms with E-state index < -0.39 is 11.5 Å². The van der Waals surface area contributed by atoms with Crippen molar-refractivity contribution in [3.8, 4) is 0 Å². The lowest BCUT2D eigenvalue weighted by atomic mass is 9.90. The van der Waals surface area contributed by atoms with Crippen molar-refractivity contribution in [3.05, 3.63) is 24.4 Å². The van der Waals surface area contributed by atoms with Crippen LogP contribution in [0.15, 0.2) is 29.4 Å². The molecule has 0 aliphatic heterocycles. The SMILES string of the molecule is CCC(CCCSc1ccccn1)(NC1CC1)C(=O)O. The van der Waals surface area contributed by atoms with Crippen LogP contribution in [0, 0.1) is 0 Å². The summed E-state index contributed by atoms with van der Waals surface area (Å²) in [6.45, 7) is 1.95. The molecule has 0 radical (unpaired) electrons. The molecule has 0 saturated heterocycles. The fraction of sp³-hybridized carbons (Fsp3) is 0.600. The zero-order valence-corrected chi connectivity index (χ0v) is 12.7. The first-order chi connectivity index (χ1) is 9.66. The van der Waals surface area contributed by atoms with Crippen molar-refractivity contribution < 1.29 is 9.90 Å². The molecule has 1 unspecified atom stereocenters. The predicted molar refractivity (Wildman–Crippen MR) is 81.0 cm³/mol. The van der Waals surface area contributed by atoms with E-state index in [1.165, 1.54) is 0 Å². The van der Waals surface area contributed by atoms with Gasteiger partial charge in [0.2, 0.25) is 0 Å². The highest BCUT2D eigenvalue weighted by Crippen LogP contribution is 2.28. The summed E-state index contributed by atoms with van der Waals surface area (Å²) >= 11 is 1.69. The number of nitrogens with one attached hydrogen (secondary N) is 1. The predicted octanol–water partition coefficient (Wildman–Crippen LogP) is 2.94. The first kappa shape index (κ1) is 15.3. The van der Waals surface area contributed by atoms with Crippen LogP contribution in [0.4, 0.5) is 0 Å². The second-order valence-corrected chi connectivity index (χ2v) is 6.39. The first-order valence-electron chi connectivity index (χ1n) is 7.21. The smallest absolute Gasteiger partial charge is 0.323 e. The van der Waals surface area contributed by atoms with E-state index in [9.17, 15) is 9.90 Å². The Balaban J connectivity index is 1.80. The van der Waals surface area contributed by atoms with Crippen molar-refractivity contribution in [1.29, 1.82) is 0 Å². The molecule has 2 rings (SSSR count). The fourth-order valence-electron chi connectivity index (χ4n) is 2.27. The minimum Gasteiger partial charge on any atom is -0.480 e. The number of hydrogen-bond acceptors (Lipinski definition) is 4. The molecular weight excluding hydrogens is 272 g/mol. The quantitative estimate of drug-likeness (QED) is 0.541. The molecule has 110 valence electrons. The van der Waals surface area contributed by atoms with Gasteiger partial charge in [0.05, 0.1) is 5.03 Å². The first-order valence-corrected chi connectivity index (χ1v) is 8.20. The van der Waals surface area contributed by atoms with Crippen LogP contribution in [-0.2, 0) is 4.79 Å². The monoisotopic (exact) mass is 294 g/mol. The lowest BCUT2D eigenvalue weighted by molar-refractivity contribution is -0.145. The molecular formula is C15H22N2O2S. The van der Waals surface area contributed by atoms with Gasteiger partial charge in [-0.15, -0.1) is 11.8 Å². The van der Waals surface area contributed by atoms with Gasteiger partial charge in [-0.1, -0.05) is 13.0 Å². The number of hydrogen-bond donors (Lipinski definition) is 2. The van der Waals surface area contributed by atoms with E-state index in [1.807, 2.05) is 25.1 Å². The average Bonchev–Trinajstić information content (AvgIpc) is 3.27. The molecule has 0 amide bonds. The Morgan fingerprint density at radius 3 is 2.90 bits per heavy atom. The third-order valence-electron chi connectivity index (χ3n) is 3.71. The molecule has 0 bridgehead atoms. The lowest BCUT2D eigenvalue weighted by Gasteiger charge is -2.29. The summed E-state index contributed by atoms with van der Waals surface area (Å²) in [5, 5.41) is 13.9. The number of pyridine rings is 1. The van der Waals surface area contributed by atoms with E-state index in [0.717, 1.165) is 30.0 Å². The highest BCUT2D eigenvalue weighted by molar-refractivity contribution is 7.99. The van der Waals surface area contributed by atoms with Crippen LogP contribution in [0.3, 0.4) is 0 Å². The van der Waals surface area contributed by atoms with Gasteiger partial charge in [0.1, 0.15) is 5.54 Å². The maximum Gasteiger partial charge on any atom is 0.323 e. The summed E-state index contributed by atoms with van der Waals surface area (Å²) in [7, 11) is 0. The van der Waals surface area contributed by atoms with Crippen LogP contribution in [0.1, 0.15) is 39.0 Å². The van der Waals surface area contributed by atoms with Gasteiger partial charge in [0, 0.05) is 12.2 Å². The van der Waals surface area contributed by atoms with Crippen molar-refractivity contribution in [3.63, 3.8) is 0 Å². The van der Waals surface area contributed by atoms with Crippen LogP contribution in [0.5, 0.6) is 0 Å².